The minimum Gasteiger partial charge on any atom is -0.467 e. The van der Waals surface area contributed by atoms with E-state index in [2.05, 4.69) is 4.90 Å². The van der Waals surface area contributed by atoms with Crippen LogP contribution in [0.1, 0.15) is 22.4 Å². The molecule has 0 spiro atoms. The van der Waals surface area contributed by atoms with Crippen molar-refractivity contribution in [2.45, 2.75) is 6.10 Å². The summed E-state index contributed by atoms with van der Waals surface area (Å²) in [6, 6.07) is 6.92. The molecule has 120 valence electrons. The highest BCUT2D eigenvalue weighted by Gasteiger charge is 2.25. The summed E-state index contributed by atoms with van der Waals surface area (Å²) in [6.07, 6.45) is 2.43. The molecular formula is C15H19ClN2O4. The van der Waals surface area contributed by atoms with Gasteiger partial charge in [-0.15, -0.1) is 12.4 Å². The molecule has 1 aliphatic heterocycles. The van der Waals surface area contributed by atoms with Crippen LogP contribution in [0.2, 0.25) is 0 Å². The first-order chi connectivity index (χ1) is 10.2. The SMILES string of the molecule is Cl.O=C(c1ccco1)N1CCN(CC(O)c2ccco2)CC1. The molecule has 7 heteroatoms. The lowest BCUT2D eigenvalue weighted by atomic mass is 10.2. The minimum absolute atomic E-state index is 0. The zero-order chi connectivity index (χ0) is 14.7. The van der Waals surface area contributed by atoms with Gasteiger partial charge in [0, 0.05) is 32.7 Å². The Morgan fingerprint density at radius 1 is 1.14 bits per heavy atom. The zero-order valence-corrected chi connectivity index (χ0v) is 12.9. The van der Waals surface area contributed by atoms with Crippen molar-refractivity contribution in [3.05, 3.63) is 48.3 Å². The van der Waals surface area contributed by atoms with Crippen LogP contribution in [0.3, 0.4) is 0 Å². The Morgan fingerprint density at radius 3 is 2.41 bits per heavy atom. The molecule has 1 amide bonds. The number of furan rings is 2. The molecule has 3 rings (SSSR count). The van der Waals surface area contributed by atoms with E-state index in [1.807, 2.05) is 0 Å². The fourth-order valence-corrected chi connectivity index (χ4v) is 2.51. The van der Waals surface area contributed by atoms with E-state index in [0.29, 0.717) is 31.2 Å². The molecule has 0 aromatic carbocycles. The van der Waals surface area contributed by atoms with E-state index >= 15 is 0 Å². The highest BCUT2D eigenvalue weighted by Crippen LogP contribution is 2.16. The Hall–Kier alpha value is -1.76. The number of nitrogens with zero attached hydrogens (tertiary/aromatic N) is 2. The van der Waals surface area contributed by atoms with Gasteiger partial charge in [0.05, 0.1) is 12.5 Å². The quantitative estimate of drug-likeness (QED) is 0.927. The van der Waals surface area contributed by atoms with Crippen molar-refractivity contribution in [3.63, 3.8) is 0 Å². The van der Waals surface area contributed by atoms with Crippen molar-refractivity contribution < 1.29 is 18.7 Å². The molecule has 6 nitrogen and oxygen atoms in total. The Balaban J connectivity index is 0.00000176. The molecule has 1 saturated heterocycles. The predicted molar refractivity (Wildman–Crippen MR) is 82.0 cm³/mol. The Bertz CT molecular complexity index is 562. The average molecular weight is 327 g/mol. The van der Waals surface area contributed by atoms with Gasteiger partial charge >= 0.3 is 0 Å². The van der Waals surface area contributed by atoms with Gasteiger partial charge in [-0.3, -0.25) is 9.69 Å². The van der Waals surface area contributed by atoms with Crippen LogP contribution < -0.4 is 0 Å². The number of carbonyl (C=O) groups excluding carboxylic acids is 1. The molecule has 0 aliphatic carbocycles. The third-order valence-corrected chi connectivity index (χ3v) is 3.69. The number of piperazine rings is 1. The van der Waals surface area contributed by atoms with Crippen LogP contribution in [-0.2, 0) is 0 Å². The lowest BCUT2D eigenvalue weighted by Gasteiger charge is -2.34. The smallest absolute Gasteiger partial charge is 0.289 e. The number of halogens is 1. The molecular weight excluding hydrogens is 308 g/mol. The number of β-amino-alcohol motifs (C(OH)–C–C–N with tert-alkyl or cyclic N) is 1. The zero-order valence-electron chi connectivity index (χ0n) is 12.1. The van der Waals surface area contributed by atoms with E-state index in [1.54, 1.807) is 35.4 Å². The van der Waals surface area contributed by atoms with Gasteiger partial charge in [-0.05, 0) is 24.3 Å². The first kappa shape index (κ1) is 16.6. The summed E-state index contributed by atoms with van der Waals surface area (Å²) in [5, 5.41) is 10.1. The number of carbonyl (C=O) groups is 1. The van der Waals surface area contributed by atoms with Crippen molar-refractivity contribution in [3.8, 4) is 0 Å². The van der Waals surface area contributed by atoms with E-state index in [0.717, 1.165) is 13.1 Å². The number of rotatable bonds is 4. The number of amides is 1. The second-order valence-electron chi connectivity index (χ2n) is 5.10. The van der Waals surface area contributed by atoms with Crippen LogP contribution in [0.25, 0.3) is 0 Å². The largest absolute Gasteiger partial charge is 0.467 e. The molecule has 1 aliphatic rings. The molecule has 1 N–H and O–H groups in total. The van der Waals surface area contributed by atoms with Gasteiger partial charge in [0.25, 0.3) is 5.91 Å². The molecule has 0 saturated carbocycles. The number of hydrogen-bond donors (Lipinski definition) is 1. The average Bonchev–Trinajstić information content (AvgIpc) is 3.20. The van der Waals surface area contributed by atoms with Crippen LogP contribution in [0.4, 0.5) is 0 Å². The van der Waals surface area contributed by atoms with Crippen LogP contribution in [0.5, 0.6) is 0 Å². The van der Waals surface area contributed by atoms with Crippen molar-refractivity contribution >= 4 is 18.3 Å². The highest BCUT2D eigenvalue weighted by molar-refractivity contribution is 5.91. The Kier molecular flexibility index (Phi) is 5.65. The van der Waals surface area contributed by atoms with Gasteiger partial charge < -0.3 is 18.8 Å². The highest BCUT2D eigenvalue weighted by atomic mass is 35.5. The van der Waals surface area contributed by atoms with Gasteiger partial charge in [-0.2, -0.15) is 0 Å². The van der Waals surface area contributed by atoms with Crippen molar-refractivity contribution in [2.75, 3.05) is 32.7 Å². The fourth-order valence-electron chi connectivity index (χ4n) is 2.51. The van der Waals surface area contributed by atoms with E-state index in [9.17, 15) is 9.90 Å². The molecule has 2 aromatic heterocycles. The molecule has 1 unspecified atom stereocenters. The lowest BCUT2D eigenvalue weighted by molar-refractivity contribution is 0.0465. The summed E-state index contributed by atoms with van der Waals surface area (Å²) in [5.74, 6) is 0.870. The van der Waals surface area contributed by atoms with Crippen molar-refractivity contribution in [1.82, 2.24) is 9.80 Å². The maximum absolute atomic E-state index is 12.1. The lowest BCUT2D eigenvalue weighted by Crippen LogP contribution is -2.49. The number of hydrogen-bond acceptors (Lipinski definition) is 5. The standard InChI is InChI=1S/C15H18N2O4.ClH/c18-12(13-3-1-9-20-13)11-16-5-7-17(8-6-16)15(19)14-4-2-10-21-14;/h1-4,9-10,12,18H,5-8,11H2;1H. The molecule has 2 aromatic rings. The third-order valence-electron chi connectivity index (χ3n) is 3.69. The van der Waals surface area contributed by atoms with E-state index in [-0.39, 0.29) is 18.3 Å². The molecule has 1 atom stereocenters. The number of aliphatic hydroxyl groups is 1. The van der Waals surface area contributed by atoms with Crippen LogP contribution >= 0.6 is 12.4 Å². The summed E-state index contributed by atoms with van der Waals surface area (Å²) in [6.45, 7) is 3.22. The maximum Gasteiger partial charge on any atom is 0.289 e. The van der Waals surface area contributed by atoms with Gasteiger partial charge in [-0.25, -0.2) is 0 Å². The first-order valence-corrected chi connectivity index (χ1v) is 7.00. The van der Waals surface area contributed by atoms with Crippen LogP contribution in [0.15, 0.2) is 45.6 Å². The summed E-state index contributed by atoms with van der Waals surface area (Å²) in [4.78, 5) is 16.0. The Labute approximate surface area is 134 Å². The van der Waals surface area contributed by atoms with E-state index in [1.165, 1.54) is 6.26 Å². The first-order valence-electron chi connectivity index (χ1n) is 7.00. The summed E-state index contributed by atoms with van der Waals surface area (Å²) in [7, 11) is 0. The third kappa shape index (κ3) is 3.71. The maximum atomic E-state index is 12.1. The molecule has 3 heterocycles. The van der Waals surface area contributed by atoms with Gasteiger partial charge in [0.1, 0.15) is 11.9 Å². The van der Waals surface area contributed by atoms with Gasteiger partial charge in [0.15, 0.2) is 5.76 Å². The summed E-state index contributed by atoms with van der Waals surface area (Å²) < 4.78 is 10.3. The molecule has 1 fully saturated rings. The van der Waals surface area contributed by atoms with Crippen molar-refractivity contribution in [2.24, 2.45) is 0 Å². The second kappa shape index (κ2) is 7.49. The van der Waals surface area contributed by atoms with Crippen LogP contribution in [0, 0.1) is 0 Å². The predicted octanol–water partition coefficient (Wildman–Crippen LogP) is 1.79. The van der Waals surface area contributed by atoms with Crippen molar-refractivity contribution in [1.29, 1.82) is 0 Å². The normalized spacial score (nSPS) is 17.0. The molecule has 0 bridgehead atoms. The number of aliphatic hydroxyl groups excluding tert-OH is 1. The molecule has 22 heavy (non-hydrogen) atoms. The van der Waals surface area contributed by atoms with Crippen LogP contribution in [-0.4, -0.2) is 53.5 Å². The minimum atomic E-state index is -0.632. The second-order valence-corrected chi connectivity index (χ2v) is 5.10. The monoisotopic (exact) mass is 326 g/mol. The summed E-state index contributed by atoms with van der Waals surface area (Å²) >= 11 is 0. The summed E-state index contributed by atoms with van der Waals surface area (Å²) in [5.41, 5.74) is 0. The fraction of sp³-hybridized carbons (Fsp3) is 0.400. The molecule has 0 radical (unpaired) electrons. The Morgan fingerprint density at radius 2 is 1.82 bits per heavy atom. The topological polar surface area (TPSA) is 70.1 Å². The van der Waals surface area contributed by atoms with E-state index < -0.39 is 6.10 Å². The van der Waals surface area contributed by atoms with E-state index in [4.69, 9.17) is 8.83 Å². The van der Waals surface area contributed by atoms with Gasteiger partial charge in [0.2, 0.25) is 0 Å². The van der Waals surface area contributed by atoms with Gasteiger partial charge in [-0.1, -0.05) is 0 Å².